The van der Waals surface area contributed by atoms with E-state index in [0.717, 1.165) is 30.6 Å². The van der Waals surface area contributed by atoms with Crippen LogP contribution in [0.4, 0.5) is 4.39 Å². The van der Waals surface area contributed by atoms with E-state index < -0.39 is 0 Å². The standard InChI is InChI=1S/C21H22ClFN4S/c22-18-9-6-10-19(23)17(18)15-28-21-25-24-20(14-26-11-4-5-12-26)27(21)13-16-7-2-1-3-8-16/h1-3,6-10H,4-5,11-15H2. The Labute approximate surface area is 173 Å². The molecule has 3 aromatic rings. The molecule has 4 rings (SSSR count). The van der Waals surface area contributed by atoms with Gasteiger partial charge in [0.05, 0.1) is 13.1 Å². The quantitative estimate of drug-likeness (QED) is 0.507. The molecule has 2 heterocycles. The van der Waals surface area contributed by atoms with Crippen molar-refractivity contribution in [1.29, 1.82) is 0 Å². The minimum Gasteiger partial charge on any atom is -0.300 e. The van der Waals surface area contributed by atoms with E-state index in [0.29, 0.717) is 22.9 Å². The fourth-order valence-corrected chi connectivity index (χ4v) is 4.72. The third-order valence-corrected chi connectivity index (χ3v) is 6.30. The molecule has 0 aliphatic carbocycles. The smallest absolute Gasteiger partial charge is 0.191 e. The van der Waals surface area contributed by atoms with Crippen molar-refractivity contribution >= 4 is 23.4 Å². The van der Waals surface area contributed by atoms with Crippen molar-refractivity contribution in [2.24, 2.45) is 0 Å². The summed E-state index contributed by atoms with van der Waals surface area (Å²) in [5.74, 6) is 1.08. The number of rotatable bonds is 7. The van der Waals surface area contributed by atoms with Crippen LogP contribution in [0.15, 0.2) is 53.7 Å². The average Bonchev–Trinajstić information content (AvgIpc) is 3.34. The van der Waals surface area contributed by atoms with E-state index in [9.17, 15) is 4.39 Å². The zero-order valence-electron chi connectivity index (χ0n) is 15.5. The van der Waals surface area contributed by atoms with E-state index in [1.54, 1.807) is 12.1 Å². The highest BCUT2D eigenvalue weighted by Crippen LogP contribution is 2.29. The zero-order valence-corrected chi connectivity index (χ0v) is 17.1. The van der Waals surface area contributed by atoms with Crippen LogP contribution in [0.25, 0.3) is 0 Å². The Morgan fingerprint density at radius 2 is 1.75 bits per heavy atom. The molecular formula is C21H22ClFN4S. The summed E-state index contributed by atoms with van der Waals surface area (Å²) in [5.41, 5.74) is 1.69. The van der Waals surface area contributed by atoms with Crippen LogP contribution in [0.3, 0.4) is 0 Å². The fraction of sp³-hybridized carbons (Fsp3) is 0.333. The summed E-state index contributed by atoms with van der Waals surface area (Å²) >= 11 is 7.65. The molecule has 7 heteroatoms. The first-order valence-electron chi connectivity index (χ1n) is 9.45. The Balaban J connectivity index is 1.57. The van der Waals surface area contributed by atoms with Gasteiger partial charge in [-0.3, -0.25) is 4.90 Å². The minimum absolute atomic E-state index is 0.286. The van der Waals surface area contributed by atoms with Gasteiger partial charge >= 0.3 is 0 Å². The summed E-state index contributed by atoms with van der Waals surface area (Å²) in [5, 5.41) is 10.1. The third-order valence-electron chi connectivity index (χ3n) is 4.95. The maximum Gasteiger partial charge on any atom is 0.191 e. The van der Waals surface area contributed by atoms with Crippen LogP contribution < -0.4 is 0 Å². The molecule has 146 valence electrons. The van der Waals surface area contributed by atoms with E-state index >= 15 is 0 Å². The Kier molecular flexibility index (Phi) is 6.29. The normalized spacial score (nSPS) is 14.6. The predicted octanol–water partition coefficient (Wildman–Crippen LogP) is 5.01. The van der Waals surface area contributed by atoms with Gasteiger partial charge in [0.25, 0.3) is 0 Å². The number of halogens is 2. The first-order valence-corrected chi connectivity index (χ1v) is 10.8. The highest BCUT2D eigenvalue weighted by Gasteiger charge is 2.19. The van der Waals surface area contributed by atoms with Gasteiger partial charge in [-0.1, -0.05) is 59.8 Å². The van der Waals surface area contributed by atoms with Crippen molar-refractivity contribution in [1.82, 2.24) is 19.7 Å². The van der Waals surface area contributed by atoms with Crippen LogP contribution in [0.2, 0.25) is 5.02 Å². The van der Waals surface area contributed by atoms with Gasteiger partial charge < -0.3 is 4.57 Å². The van der Waals surface area contributed by atoms with Crippen LogP contribution in [0.5, 0.6) is 0 Å². The van der Waals surface area contributed by atoms with Crippen molar-refractivity contribution in [3.63, 3.8) is 0 Å². The summed E-state index contributed by atoms with van der Waals surface area (Å²) in [6, 6.07) is 15.1. The van der Waals surface area contributed by atoms with Crippen LogP contribution >= 0.6 is 23.4 Å². The average molecular weight is 417 g/mol. The Hall–Kier alpha value is -1.89. The van der Waals surface area contributed by atoms with Crippen molar-refractivity contribution in [3.8, 4) is 0 Å². The van der Waals surface area contributed by atoms with E-state index in [4.69, 9.17) is 11.6 Å². The molecule has 0 spiro atoms. The molecule has 1 saturated heterocycles. The highest BCUT2D eigenvalue weighted by molar-refractivity contribution is 7.98. The number of aromatic nitrogens is 3. The summed E-state index contributed by atoms with van der Waals surface area (Å²) in [6.45, 7) is 3.70. The molecule has 0 unspecified atom stereocenters. The maximum absolute atomic E-state index is 14.1. The minimum atomic E-state index is -0.286. The molecular weight excluding hydrogens is 395 g/mol. The van der Waals surface area contributed by atoms with Gasteiger partial charge in [0, 0.05) is 16.3 Å². The number of hydrogen-bond acceptors (Lipinski definition) is 4. The lowest BCUT2D eigenvalue weighted by Crippen LogP contribution is -2.21. The maximum atomic E-state index is 14.1. The second-order valence-electron chi connectivity index (χ2n) is 6.94. The zero-order chi connectivity index (χ0) is 19.3. The number of nitrogens with zero attached hydrogens (tertiary/aromatic N) is 4. The Morgan fingerprint density at radius 1 is 0.964 bits per heavy atom. The third kappa shape index (κ3) is 4.57. The Morgan fingerprint density at radius 3 is 2.50 bits per heavy atom. The monoisotopic (exact) mass is 416 g/mol. The number of thioether (sulfide) groups is 1. The molecule has 0 radical (unpaired) electrons. The first-order chi connectivity index (χ1) is 13.7. The van der Waals surface area contributed by atoms with Gasteiger partial charge in [0.1, 0.15) is 11.6 Å². The summed E-state index contributed by atoms with van der Waals surface area (Å²) in [6.07, 6.45) is 2.47. The molecule has 28 heavy (non-hydrogen) atoms. The van der Waals surface area contributed by atoms with Crippen LogP contribution in [-0.2, 0) is 18.8 Å². The van der Waals surface area contributed by atoms with Crippen LogP contribution in [0, 0.1) is 5.82 Å². The van der Waals surface area contributed by atoms with Gasteiger partial charge in [0.2, 0.25) is 0 Å². The molecule has 0 bridgehead atoms. The van der Waals surface area contributed by atoms with E-state index in [1.165, 1.54) is 36.2 Å². The fourth-order valence-electron chi connectivity index (χ4n) is 3.42. The molecule has 0 saturated carbocycles. The lowest BCUT2D eigenvalue weighted by Gasteiger charge is -2.16. The highest BCUT2D eigenvalue weighted by atomic mass is 35.5. The van der Waals surface area contributed by atoms with E-state index in [1.807, 2.05) is 18.2 Å². The van der Waals surface area contributed by atoms with Crippen molar-refractivity contribution in [2.45, 2.75) is 36.8 Å². The molecule has 4 nitrogen and oxygen atoms in total. The lowest BCUT2D eigenvalue weighted by atomic mass is 10.2. The lowest BCUT2D eigenvalue weighted by molar-refractivity contribution is 0.316. The molecule has 1 fully saturated rings. The molecule has 2 aromatic carbocycles. The summed E-state index contributed by atoms with van der Waals surface area (Å²) in [7, 11) is 0. The molecule has 0 amide bonds. The molecule has 1 aromatic heterocycles. The predicted molar refractivity (Wildman–Crippen MR) is 111 cm³/mol. The van der Waals surface area contributed by atoms with Crippen molar-refractivity contribution < 1.29 is 4.39 Å². The van der Waals surface area contributed by atoms with Crippen LogP contribution in [0.1, 0.15) is 29.8 Å². The summed E-state index contributed by atoms with van der Waals surface area (Å²) < 4.78 is 16.3. The molecule has 0 N–H and O–H groups in total. The van der Waals surface area contributed by atoms with E-state index in [2.05, 4.69) is 31.8 Å². The van der Waals surface area contributed by atoms with Gasteiger partial charge in [-0.25, -0.2) is 4.39 Å². The van der Waals surface area contributed by atoms with Gasteiger partial charge in [-0.05, 0) is 43.6 Å². The first kappa shape index (κ1) is 19.4. The van der Waals surface area contributed by atoms with Crippen molar-refractivity contribution in [2.75, 3.05) is 13.1 Å². The number of benzene rings is 2. The van der Waals surface area contributed by atoms with Gasteiger partial charge in [-0.15, -0.1) is 10.2 Å². The van der Waals surface area contributed by atoms with E-state index in [-0.39, 0.29) is 5.82 Å². The SMILES string of the molecule is Fc1cccc(Cl)c1CSc1nnc(CN2CCCC2)n1Cc1ccccc1. The molecule has 1 aliphatic heterocycles. The molecule has 0 atom stereocenters. The topological polar surface area (TPSA) is 34.0 Å². The summed E-state index contributed by atoms with van der Waals surface area (Å²) in [4.78, 5) is 2.41. The molecule has 1 aliphatic rings. The van der Waals surface area contributed by atoms with Gasteiger partial charge in [-0.2, -0.15) is 0 Å². The van der Waals surface area contributed by atoms with Gasteiger partial charge in [0.15, 0.2) is 5.16 Å². The second-order valence-corrected chi connectivity index (χ2v) is 8.29. The number of hydrogen-bond donors (Lipinski definition) is 0. The van der Waals surface area contributed by atoms with Crippen molar-refractivity contribution in [3.05, 3.63) is 76.3 Å². The van der Waals surface area contributed by atoms with Crippen LogP contribution in [-0.4, -0.2) is 32.8 Å². The number of likely N-dealkylation sites (tertiary alicyclic amines) is 1. The second kappa shape index (κ2) is 9.07. The Bertz CT molecular complexity index is 905. The largest absolute Gasteiger partial charge is 0.300 e.